The van der Waals surface area contributed by atoms with E-state index in [0.717, 1.165) is 36.5 Å². The van der Waals surface area contributed by atoms with E-state index < -0.39 is 29.5 Å². The van der Waals surface area contributed by atoms with E-state index in [4.69, 9.17) is 14.3 Å². The van der Waals surface area contributed by atoms with Crippen LogP contribution in [0.2, 0.25) is 0 Å². The molecule has 0 aliphatic heterocycles. The lowest BCUT2D eigenvalue weighted by Gasteiger charge is -2.19. The fourth-order valence-corrected chi connectivity index (χ4v) is 6.69. The highest BCUT2D eigenvalue weighted by molar-refractivity contribution is 7.91. The molecule has 0 spiro atoms. The molecule has 1 unspecified atom stereocenters. The smallest absolute Gasteiger partial charge is 0.352 e. The van der Waals surface area contributed by atoms with Crippen molar-refractivity contribution in [2.45, 2.75) is 38.2 Å². The van der Waals surface area contributed by atoms with Gasteiger partial charge in [0, 0.05) is 12.1 Å². The second-order valence-corrected chi connectivity index (χ2v) is 11.4. The second kappa shape index (κ2) is 10.2. The predicted octanol–water partition coefficient (Wildman–Crippen LogP) is 3.04. The molecule has 2 aromatic carbocycles. The number of benzene rings is 2. The van der Waals surface area contributed by atoms with Gasteiger partial charge in [0.25, 0.3) is 5.91 Å². The van der Waals surface area contributed by atoms with E-state index in [9.17, 15) is 17.8 Å². The van der Waals surface area contributed by atoms with Gasteiger partial charge < -0.3 is 15.1 Å². The summed E-state index contributed by atoms with van der Waals surface area (Å²) in [6.07, 6.45) is 2.47. The SMILES string of the molecule is O=C(NCCC(CS(=O)(=O)CC1CCCC1)OP(=O)(O)O)c1ccc2ccccc2c1. The van der Waals surface area contributed by atoms with Crippen LogP contribution in [0.4, 0.5) is 0 Å². The third-order valence-corrected chi connectivity index (χ3v) is 7.89. The number of nitrogens with one attached hydrogen (secondary N) is 1. The Morgan fingerprint density at radius 1 is 1.13 bits per heavy atom. The highest BCUT2D eigenvalue weighted by atomic mass is 32.2. The highest BCUT2D eigenvalue weighted by Crippen LogP contribution is 2.38. The topological polar surface area (TPSA) is 130 Å². The van der Waals surface area contributed by atoms with Crippen molar-refractivity contribution in [1.82, 2.24) is 5.32 Å². The summed E-state index contributed by atoms with van der Waals surface area (Å²) in [5, 5.41) is 4.59. The maximum absolute atomic E-state index is 12.5. The molecular weight excluding hydrogens is 441 g/mol. The van der Waals surface area contributed by atoms with Gasteiger partial charge in [0.15, 0.2) is 9.84 Å². The first kappa shape index (κ1) is 23.9. The minimum absolute atomic E-state index is 0.00251. The molecule has 1 amide bonds. The number of hydrogen-bond donors (Lipinski definition) is 3. The molecule has 1 aliphatic rings. The van der Waals surface area contributed by atoms with Crippen LogP contribution in [0.3, 0.4) is 0 Å². The van der Waals surface area contributed by atoms with E-state index in [1.807, 2.05) is 30.3 Å². The Hall–Kier alpha value is -1.77. The molecular formula is C21H28NO7PS. The Balaban J connectivity index is 1.58. The average molecular weight is 469 g/mol. The zero-order valence-electron chi connectivity index (χ0n) is 17.1. The molecule has 0 aromatic heterocycles. The van der Waals surface area contributed by atoms with Crippen molar-refractivity contribution in [3.63, 3.8) is 0 Å². The molecule has 1 fully saturated rings. The molecule has 3 rings (SSSR count). The molecule has 0 radical (unpaired) electrons. The molecule has 1 atom stereocenters. The van der Waals surface area contributed by atoms with Crippen LogP contribution in [0, 0.1) is 5.92 Å². The van der Waals surface area contributed by atoms with E-state index in [1.165, 1.54) is 0 Å². The summed E-state index contributed by atoms with van der Waals surface area (Å²) >= 11 is 0. The van der Waals surface area contributed by atoms with Gasteiger partial charge in [-0.15, -0.1) is 0 Å². The minimum Gasteiger partial charge on any atom is -0.352 e. The number of amides is 1. The van der Waals surface area contributed by atoms with Crippen LogP contribution in [0.1, 0.15) is 42.5 Å². The van der Waals surface area contributed by atoms with Crippen molar-refractivity contribution in [2.24, 2.45) is 5.92 Å². The summed E-state index contributed by atoms with van der Waals surface area (Å²) in [4.78, 5) is 30.8. The molecule has 1 aliphatic carbocycles. The summed E-state index contributed by atoms with van der Waals surface area (Å²) in [5.41, 5.74) is 0.444. The monoisotopic (exact) mass is 469 g/mol. The molecule has 8 nitrogen and oxygen atoms in total. The van der Waals surface area contributed by atoms with Crippen molar-refractivity contribution < 1.29 is 32.1 Å². The molecule has 0 saturated heterocycles. The van der Waals surface area contributed by atoms with Crippen LogP contribution in [0.5, 0.6) is 0 Å². The molecule has 3 N–H and O–H groups in total. The van der Waals surface area contributed by atoms with Crippen molar-refractivity contribution in [3.8, 4) is 0 Å². The molecule has 2 aromatic rings. The lowest BCUT2D eigenvalue weighted by atomic mass is 10.1. The van der Waals surface area contributed by atoms with Crippen LogP contribution < -0.4 is 5.32 Å². The Kier molecular flexibility index (Phi) is 7.88. The first-order valence-corrected chi connectivity index (χ1v) is 13.7. The Morgan fingerprint density at radius 3 is 2.48 bits per heavy atom. The van der Waals surface area contributed by atoms with Crippen molar-refractivity contribution in [1.29, 1.82) is 0 Å². The third-order valence-electron chi connectivity index (χ3n) is 5.45. The summed E-state index contributed by atoms with van der Waals surface area (Å²) in [6.45, 7) is 0.0231. The van der Waals surface area contributed by atoms with Crippen LogP contribution in [0.15, 0.2) is 42.5 Å². The number of phosphoric acid groups is 1. The zero-order valence-corrected chi connectivity index (χ0v) is 18.9. The fraction of sp³-hybridized carbons (Fsp3) is 0.476. The lowest BCUT2D eigenvalue weighted by molar-refractivity contribution is 0.0944. The molecule has 31 heavy (non-hydrogen) atoms. The van der Waals surface area contributed by atoms with E-state index in [-0.39, 0.29) is 30.5 Å². The van der Waals surface area contributed by atoms with Gasteiger partial charge in [-0.05, 0) is 48.1 Å². The summed E-state index contributed by atoms with van der Waals surface area (Å²) < 4.78 is 41.0. The summed E-state index contributed by atoms with van der Waals surface area (Å²) in [5.74, 6) is -0.749. The molecule has 1 saturated carbocycles. The van der Waals surface area contributed by atoms with E-state index in [1.54, 1.807) is 12.1 Å². The van der Waals surface area contributed by atoms with Crippen molar-refractivity contribution in [3.05, 3.63) is 48.0 Å². The third kappa shape index (κ3) is 7.70. The summed E-state index contributed by atoms with van der Waals surface area (Å²) in [7, 11) is -8.41. The first-order valence-electron chi connectivity index (χ1n) is 10.3. The molecule has 0 heterocycles. The number of carbonyl (C=O) groups is 1. The predicted molar refractivity (Wildman–Crippen MR) is 118 cm³/mol. The first-order chi connectivity index (χ1) is 14.6. The minimum atomic E-state index is -4.87. The van der Waals surface area contributed by atoms with Gasteiger partial charge >= 0.3 is 7.82 Å². The number of sulfone groups is 1. The maximum Gasteiger partial charge on any atom is 0.469 e. The Morgan fingerprint density at radius 2 is 1.81 bits per heavy atom. The van der Waals surface area contributed by atoms with E-state index in [2.05, 4.69) is 5.32 Å². The molecule has 170 valence electrons. The highest BCUT2D eigenvalue weighted by Gasteiger charge is 2.29. The van der Waals surface area contributed by atoms with Gasteiger partial charge in [-0.1, -0.05) is 43.2 Å². The van der Waals surface area contributed by atoms with Gasteiger partial charge in [-0.25, -0.2) is 13.0 Å². The normalized spacial score (nSPS) is 16.5. The van der Waals surface area contributed by atoms with Crippen LogP contribution in [0.25, 0.3) is 10.8 Å². The Labute approximate surface area is 182 Å². The number of carbonyl (C=O) groups excluding carboxylic acids is 1. The van der Waals surface area contributed by atoms with E-state index >= 15 is 0 Å². The average Bonchev–Trinajstić information content (AvgIpc) is 3.18. The largest absolute Gasteiger partial charge is 0.469 e. The fourth-order valence-electron chi connectivity index (χ4n) is 4.03. The van der Waals surface area contributed by atoms with Gasteiger partial charge in [0.1, 0.15) is 0 Å². The van der Waals surface area contributed by atoms with Gasteiger partial charge in [0.05, 0.1) is 17.6 Å². The van der Waals surface area contributed by atoms with Gasteiger partial charge in [-0.3, -0.25) is 9.32 Å². The zero-order chi connectivity index (χ0) is 22.5. The van der Waals surface area contributed by atoms with Crippen LogP contribution in [-0.4, -0.2) is 48.3 Å². The van der Waals surface area contributed by atoms with Crippen molar-refractivity contribution >= 4 is 34.3 Å². The van der Waals surface area contributed by atoms with Gasteiger partial charge in [-0.2, -0.15) is 0 Å². The van der Waals surface area contributed by atoms with Crippen LogP contribution >= 0.6 is 7.82 Å². The molecule has 10 heteroatoms. The lowest BCUT2D eigenvalue weighted by Crippen LogP contribution is -2.32. The number of fused-ring (bicyclic) bond motifs is 1. The number of hydrogen-bond acceptors (Lipinski definition) is 5. The number of rotatable bonds is 10. The van der Waals surface area contributed by atoms with Gasteiger partial charge in [0.2, 0.25) is 0 Å². The quantitative estimate of drug-likeness (QED) is 0.456. The second-order valence-electron chi connectivity index (χ2n) is 8.05. The number of phosphoric ester groups is 1. The molecule has 0 bridgehead atoms. The summed E-state index contributed by atoms with van der Waals surface area (Å²) in [6, 6.07) is 12.9. The maximum atomic E-state index is 12.5. The van der Waals surface area contributed by atoms with Crippen LogP contribution in [-0.2, 0) is 18.9 Å². The standard InChI is InChI=1S/C21H28NO7PS/c23-21(19-10-9-17-7-3-4-8-18(17)13-19)22-12-11-20(29-30(24,25)26)15-31(27,28)14-16-5-1-2-6-16/h3-4,7-10,13,16,20H,1-2,5-6,11-12,14-15H2,(H,22,23)(H2,24,25,26). The van der Waals surface area contributed by atoms with E-state index in [0.29, 0.717) is 5.56 Å². The Bertz CT molecular complexity index is 1060. The van der Waals surface area contributed by atoms with Crippen molar-refractivity contribution in [2.75, 3.05) is 18.1 Å².